The van der Waals surface area contributed by atoms with E-state index in [0.717, 1.165) is 100 Å². The number of alkyl halides is 20. The number of piperidine rings is 5. The van der Waals surface area contributed by atoms with Crippen molar-refractivity contribution < 1.29 is 92.5 Å². The van der Waals surface area contributed by atoms with Crippen molar-refractivity contribution in [1.82, 2.24) is 58.8 Å². The number of hydrogen-bond donors (Lipinski definition) is 0. The quantitative estimate of drug-likeness (QED) is 0.138. The van der Waals surface area contributed by atoms with E-state index in [1.807, 2.05) is 65.2 Å². The van der Waals surface area contributed by atoms with Crippen LogP contribution in [0.25, 0.3) is 0 Å². The highest BCUT2D eigenvalue weighted by Gasteiger charge is 2.72. The van der Waals surface area contributed by atoms with E-state index in [9.17, 15) is 87.8 Å². The average molecular weight is 1940 g/mol. The zero-order valence-corrected chi connectivity index (χ0v) is 86.0. The summed E-state index contributed by atoms with van der Waals surface area (Å²) < 4.78 is 258. The molecular weight excluding hydrogens is 1770 g/mol. The zero-order chi connectivity index (χ0) is 100. The molecule has 20 fully saturated rings. The summed E-state index contributed by atoms with van der Waals surface area (Å²) in [5.74, 6) is -11.0. The van der Waals surface area contributed by atoms with Crippen LogP contribution in [0.5, 0.6) is 0 Å². The lowest BCUT2D eigenvalue weighted by Gasteiger charge is -2.62. The summed E-state index contributed by atoms with van der Waals surface area (Å²) in [7, 11) is 0. The van der Waals surface area contributed by atoms with Crippen LogP contribution in [-0.2, 0) is 4.74 Å². The number of morpholine rings is 1. The molecule has 4 bridgehead atoms. The lowest BCUT2D eigenvalue weighted by Crippen LogP contribution is -2.71. The van der Waals surface area contributed by atoms with Crippen molar-refractivity contribution >= 4 is 0 Å². The first kappa shape index (κ1) is 116. The van der Waals surface area contributed by atoms with Gasteiger partial charge in [0.25, 0.3) is 23.7 Å². The zero-order valence-electron chi connectivity index (χ0n) is 86.0. The molecule has 0 aromatic rings. The minimum atomic E-state index is -4.17. The molecule has 0 N–H and O–H groups in total. The van der Waals surface area contributed by atoms with E-state index in [2.05, 4.69) is 145 Å². The highest BCUT2D eigenvalue weighted by molar-refractivity contribution is 5.15. The molecule has 13 atom stereocenters. The topological polar surface area (TPSA) is 48.1 Å². The van der Waals surface area contributed by atoms with Crippen LogP contribution in [0.15, 0.2) is 0 Å². The van der Waals surface area contributed by atoms with Gasteiger partial charge in [0.1, 0.15) is 18.3 Å². The first-order chi connectivity index (χ1) is 61.0. The molecule has 0 amide bonds. The molecule has 784 valence electrons. The molecule has 13 nitrogen and oxygen atoms in total. The van der Waals surface area contributed by atoms with Gasteiger partial charge in [-0.2, -0.15) is 48.3 Å². The minimum Gasteiger partial charge on any atom is -0.375 e. The second-order valence-electron chi connectivity index (χ2n) is 46.6. The standard InChI is InChI=1S/C10H16F3NO.C10H17F2N.C9H14F3N.C9H15F2N.C9H16FN.C9H17N.C8H13F2N.C8H15F2N.C8H17N.C7H12F3N.C7H15N.C6H11F2N/c1-6(2)14-7-3-4-8(15-5-7)9(14)10(11,12)13;1-7(2)13-8-3-4-9(13)6-10(11,12)5-8;1-5(2)13-4-6-3-7(6)8(13)9(10,11)12;1-7(2)12-4-3-8(12)5-9(10,11)6-8;1-7(2)11-5-8(10)9(6-11)3-4-9;1-8(2)10-6-5-9(7-10)3-4-9;1-5(2)11-3-6-7(4-11)8(6,9)10;1-7(2)11-5-3-4-8(9,10)6-11;1-7(2)9-6-4-5-8(9)3;1-5(2)11-3-6(4-11)7(8,9)10;1-6(2)8-5-4-7(8)3;1-5(2)9-4-3-6(9,7)8/h6-9H,3-5H2,1-2H3;7-9H,3-6H2,1-2H3;5-8H,3-4H2,1-2H3;7H,3-6H2,1-2H3;7-8H,3-6H2,1-2H3;8H,3-7H2,1-2H3;5-7H,3-4H2,1-2H3;7H,3-6H2,1-2H3;7-8H,4-6H2,1-3H3;5-6H,3-4H2,1-2H3;6-7H,4-5H2,1-3H3;5H,3-4H2,1-2H3. The summed E-state index contributed by atoms with van der Waals surface area (Å²) in [5.41, 5.74) is 0.839. The fourth-order valence-electron chi connectivity index (χ4n) is 23.5. The largest absolute Gasteiger partial charge is 0.406 e. The Bertz CT molecular complexity index is 3360. The number of likely N-dealkylation sites (tertiary alicyclic amines) is 10. The van der Waals surface area contributed by atoms with Gasteiger partial charge in [-0.05, 0) is 313 Å². The monoisotopic (exact) mass is 1940 g/mol. The number of nitrogens with zero attached hydrogens (tertiary/aromatic N) is 12. The summed E-state index contributed by atoms with van der Waals surface area (Å²) in [4.78, 5) is 24.6. The maximum atomic E-state index is 13.3. The van der Waals surface area contributed by atoms with Crippen molar-refractivity contribution in [3.05, 3.63) is 0 Å². The average Bonchev–Trinajstić information content (AvgIpc) is 1.70. The summed E-state index contributed by atoms with van der Waals surface area (Å²) in [6.45, 7) is 65.8. The van der Waals surface area contributed by atoms with Crippen molar-refractivity contribution in [3.63, 3.8) is 0 Å². The Morgan fingerprint density at radius 1 is 0.346 bits per heavy atom. The van der Waals surface area contributed by atoms with Crippen molar-refractivity contribution in [3.8, 4) is 0 Å². The Morgan fingerprint density at radius 2 is 0.820 bits per heavy atom. The third kappa shape index (κ3) is 31.5. The Kier molecular flexibility index (Phi) is 40.6. The predicted octanol–water partition coefficient (Wildman–Crippen LogP) is 23.8. The molecule has 33 heteroatoms. The lowest BCUT2D eigenvalue weighted by atomic mass is 9.64. The first-order valence-corrected chi connectivity index (χ1v) is 51.5. The Labute approximate surface area is 788 Å². The number of halogens is 20. The molecule has 15 heterocycles. The molecule has 13 unspecified atom stereocenters. The lowest BCUT2D eigenvalue weighted by molar-refractivity contribution is -0.268. The van der Waals surface area contributed by atoms with E-state index in [1.165, 1.54) is 69.6 Å². The molecule has 15 saturated heterocycles. The molecule has 5 saturated carbocycles. The number of hydrogen-bond acceptors (Lipinski definition) is 13. The van der Waals surface area contributed by atoms with Crippen LogP contribution >= 0.6 is 0 Å². The van der Waals surface area contributed by atoms with Gasteiger partial charge in [-0.1, -0.05) is 0 Å². The predicted molar refractivity (Wildman–Crippen MR) is 494 cm³/mol. The number of ether oxygens (including phenoxy) is 1. The van der Waals surface area contributed by atoms with Crippen molar-refractivity contribution in [2.45, 2.75) is 496 Å². The van der Waals surface area contributed by atoms with Gasteiger partial charge in [0.2, 0.25) is 0 Å². The SMILES string of the molecule is CC(C)N1C2CCC(OC2)C1C(F)(F)F.CC(C)N1C2CCC1CC(F)(F)C2.CC(C)N1CC(C(F)(F)F)C1.CC(C)N1CC(F)C2(CC2)C1.CC(C)N1CC2C(C1)C2(F)F.CC(C)N1CC2CC2C1C(F)(F)F.CC(C)N1CCC1(F)F.CC(C)N1CCC12CC(F)(F)C2.CC(C)N1CCC1C.CC(C)N1CCC2(CC2)C1.CC(C)N1CCCC(F)(F)C1.CC(C)N1CCCC1C. The number of fused-ring (bicyclic) bond motifs is 7. The van der Waals surface area contributed by atoms with Gasteiger partial charge >= 0.3 is 24.6 Å². The number of rotatable bonds is 12. The van der Waals surface area contributed by atoms with Gasteiger partial charge in [-0.15, -0.1) is 0 Å². The molecule has 0 aromatic carbocycles. The second-order valence-corrected chi connectivity index (χ2v) is 46.6. The van der Waals surface area contributed by atoms with E-state index in [1.54, 1.807) is 23.6 Å². The van der Waals surface area contributed by atoms with Crippen LogP contribution in [-0.4, -0.2) is 344 Å². The van der Waals surface area contributed by atoms with Crippen LogP contribution in [0.3, 0.4) is 0 Å². The van der Waals surface area contributed by atoms with E-state index < -0.39 is 78.5 Å². The van der Waals surface area contributed by atoms with E-state index in [0.29, 0.717) is 82.3 Å². The van der Waals surface area contributed by atoms with Gasteiger partial charge < -0.3 is 9.64 Å². The van der Waals surface area contributed by atoms with E-state index in [-0.39, 0.29) is 135 Å². The van der Waals surface area contributed by atoms with Gasteiger partial charge in [0.15, 0.2) is 0 Å². The first-order valence-electron chi connectivity index (χ1n) is 51.5. The minimum absolute atomic E-state index is 0.0134. The maximum absolute atomic E-state index is 13.3. The Morgan fingerprint density at radius 3 is 1.10 bits per heavy atom. The van der Waals surface area contributed by atoms with E-state index in [4.69, 9.17) is 4.74 Å². The Hall–Kier alpha value is -1.92. The van der Waals surface area contributed by atoms with Crippen LogP contribution in [0, 0.1) is 40.4 Å². The van der Waals surface area contributed by atoms with Gasteiger partial charge in [-0.25, -0.2) is 44.4 Å². The fourth-order valence-corrected chi connectivity index (χ4v) is 23.5. The summed E-state index contributed by atoms with van der Waals surface area (Å²) >= 11 is 0. The molecule has 133 heavy (non-hydrogen) atoms. The van der Waals surface area contributed by atoms with Gasteiger partial charge in [-0.3, -0.25) is 49.0 Å². The van der Waals surface area contributed by atoms with Crippen molar-refractivity contribution in [1.29, 1.82) is 0 Å². The third-order valence-corrected chi connectivity index (χ3v) is 32.6. The highest BCUT2D eigenvalue weighted by Crippen LogP contribution is 2.61. The van der Waals surface area contributed by atoms with Gasteiger partial charge in [0, 0.05) is 236 Å². The Balaban J connectivity index is 0.000000179. The van der Waals surface area contributed by atoms with E-state index >= 15 is 0 Å². The third-order valence-electron chi connectivity index (χ3n) is 32.6. The molecule has 5 aliphatic carbocycles. The summed E-state index contributed by atoms with van der Waals surface area (Å²) in [5, 5.41) is 0. The van der Waals surface area contributed by atoms with Crippen LogP contribution in [0.2, 0.25) is 0 Å². The second kappa shape index (κ2) is 46.4. The highest BCUT2D eigenvalue weighted by atomic mass is 19.4. The molecule has 20 aliphatic rings. The molecule has 15 aliphatic heterocycles. The van der Waals surface area contributed by atoms with Crippen LogP contribution < -0.4 is 0 Å². The summed E-state index contributed by atoms with van der Waals surface area (Å²) in [6, 6.07) is 1.38. The maximum Gasteiger partial charge on any atom is 0.406 e. The van der Waals surface area contributed by atoms with Crippen molar-refractivity contribution in [2.75, 3.05) is 105 Å². The van der Waals surface area contributed by atoms with Crippen molar-refractivity contribution in [2.24, 2.45) is 40.4 Å². The molecular formula is C100H178F20N12O. The molecule has 3 spiro atoms. The summed E-state index contributed by atoms with van der Waals surface area (Å²) in [6.07, 6.45) is 3.73. The molecule has 0 radical (unpaired) electrons. The molecule has 20 rings (SSSR count). The fraction of sp³-hybridized carbons (Fsp3) is 1.00. The molecule has 0 aromatic heterocycles. The van der Waals surface area contributed by atoms with Gasteiger partial charge in [0.05, 0.1) is 25.2 Å². The van der Waals surface area contributed by atoms with Crippen LogP contribution in [0.1, 0.15) is 315 Å². The van der Waals surface area contributed by atoms with Crippen LogP contribution in [0.4, 0.5) is 87.8 Å². The smallest absolute Gasteiger partial charge is 0.375 e. The normalized spacial score (nSPS) is 33.0.